The highest BCUT2D eigenvalue weighted by Crippen LogP contribution is 2.29. The lowest BCUT2D eigenvalue weighted by Gasteiger charge is -1.97. The topological polar surface area (TPSA) is 17.8 Å². The molecule has 0 N–H and O–H groups in total. The second-order valence-electron chi connectivity index (χ2n) is 2.99. The van der Waals surface area contributed by atoms with Crippen LogP contribution in [-0.4, -0.2) is 9.78 Å². The molecule has 0 aliphatic heterocycles. The first-order valence-electron chi connectivity index (χ1n) is 4.88. The van der Waals surface area contributed by atoms with E-state index in [2.05, 4.69) is 21.0 Å². The molecule has 0 saturated heterocycles. The molecule has 0 bridgehead atoms. The molecular weight excluding hydrogens is 275 g/mol. The Morgan fingerprint density at radius 1 is 1.33 bits per heavy atom. The molecule has 0 aliphatic carbocycles. The lowest BCUT2D eigenvalue weighted by atomic mass is 10.2. The molecule has 2 aromatic rings. The third kappa shape index (κ3) is 2.34. The van der Waals surface area contributed by atoms with Crippen LogP contribution in [0.3, 0.4) is 0 Å². The first-order valence-corrected chi connectivity index (χ1v) is 6.05. The van der Waals surface area contributed by atoms with E-state index >= 15 is 0 Å². The van der Waals surface area contributed by atoms with E-state index in [9.17, 15) is 0 Å². The predicted octanol–water partition coefficient (Wildman–Crippen LogP) is 4.32. The van der Waals surface area contributed by atoms with Crippen molar-refractivity contribution in [3.8, 4) is 0 Å². The molecule has 0 unspecified atom stereocenters. The van der Waals surface area contributed by atoms with Gasteiger partial charge in [0.05, 0.1) is 16.2 Å². The number of hydrogen-bond acceptors (Lipinski definition) is 1. The van der Waals surface area contributed by atoms with Gasteiger partial charge in [0.25, 0.3) is 0 Å². The predicted molar refractivity (Wildman–Crippen MR) is 69.5 cm³/mol. The summed E-state index contributed by atoms with van der Waals surface area (Å²) in [4.78, 5) is 0. The molecule has 0 atom stereocenters. The average Bonchev–Trinajstić information content (AvgIpc) is 2.45. The van der Waals surface area contributed by atoms with Gasteiger partial charge in [-0.05, 0) is 19.1 Å². The van der Waals surface area contributed by atoms with Crippen LogP contribution < -0.4 is 0 Å². The number of benzene rings is 1. The summed E-state index contributed by atoms with van der Waals surface area (Å²) < 4.78 is 2.81. The quantitative estimate of drug-likeness (QED) is 0.706. The zero-order valence-electron chi connectivity index (χ0n) is 9.31. The first-order chi connectivity index (χ1) is 7.09. The summed E-state index contributed by atoms with van der Waals surface area (Å²) >= 11 is 9.50. The molecule has 0 spiro atoms. The first kappa shape index (κ1) is 12.5. The van der Waals surface area contributed by atoms with E-state index in [0.717, 1.165) is 26.1 Å². The van der Waals surface area contributed by atoms with Crippen molar-refractivity contribution in [3.63, 3.8) is 0 Å². The summed E-state index contributed by atoms with van der Waals surface area (Å²) in [7, 11) is 1.91. The van der Waals surface area contributed by atoms with Gasteiger partial charge in [-0.2, -0.15) is 5.10 Å². The zero-order chi connectivity index (χ0) is 11.6. The molecule has 1 aromatic heterocycles. The van der Waals surface area contributed by atoms with Crippen LogP contribution in [0.4, 0.5) is 0 Å². The van der Waals surface area contributed by atoms with Crippen LogP contribution in [-0.2, 0) is 7.05 Å². The molecule has 0 amide bonds. The Hall–Kier alpha value is -0.540. The second kappa shape index (κ2) is 4.99. The summed E-state index contributed by atoms with van der Waals surface area (Å²) in [5.74, 6) is 0. The molecule has 0 fully saturated rings. The molecule has 0 aliphatic rings. The number of aryl methyl sites for hydroxylation is 2. The highest BCUT2D eigenvalue weighted by atomic mass is 79.9. The van der Waals surface area contributed by atoms with Crippen molar-refractivity contribution in [3.05, 3.63) is 27.3 Å². The number of nitrogens with zero attached hydrogens (tertiary/aromatic N) is 2. The number of rotatable bonds is 0. The Balaban J connectivity index is 0.000000531. The van der Waals surface area contributed by atoms with E-state index in [1.807, 2.05) is 44.6 Å². The van der Waals surface area contributed by atoms with Crippen LogP contribution in [0.5, 0.6) is 0 Å². The minimum atomic E-state index is 0.745. The Bertz CT molecular complexity index is 477. The molecule has 82 valence electrons. The van der Waals surface area contributed by atoms with Crippen molar-refractivity contribution >= 4 is 38.4 Å². The molecule has 4 heteroatoms. The zero-order valence-corrected chi connectivity index (χ0v) is 11.6. The smallest absolute Gasteiger partial charge is 0.0708 e. The Morgan fingerprint density at radius 2 is 1.93 bits per heavy atom. The minimum absolute atomic E-state index is 0.745. The van der Waals surface area contributed by atoms with Gasteiger partial charge in [-0.1, -0.05) is 41.4 Å². The Kier molecular flexibility index (Phi) is 4.17. The van der Waals surface area contributed by atoms with Crippen LogP contribution in [0.1, 0.15) is 19.5 Å². The van der Waals surface area contributed by atoms with E-state index in [1.165, 1.54) is 0 Å². The average molecular weight is 290 g/mol. The molecular formula is C11H14BrClN2. The van der Waals surface area contributed by atoms with Gasteiger partial charge in [0.15, 0.2) is 0 Å². The molecule has 1 heterocycles. The van der Waals surface area contributed by atoms with Crippen LogP contribution >= 0.6 is 27.5 Å². The van der Waals surface area contributed by atoms with Gasteiger partial charge in [-0.3, -0.25) is 4.68 Å². The summed E-state index contributed by atoms with van der Waals surface area (Å²) in [6.45, 7) is 5.96. The minimum Gasteiger partial charge on any atom is -0.268 e. The molecule has 0 radical (unpaired) electrons. The van der Waals surface area contributed by atoms with Crippen molar-refractivity contribution in [2.45, 2.75) is 20.8 Å². The highest BCUT2D eigenvalue weighted by molar-refractivity contribution is 9.10. The fourth-order valence-corrected chi connectivity index (χ4v) is 2.43. The third-order valence-corrected chi connectivity index (χ3v) is 2.80. The SMILES string of the molecule is CC.Cc1nn(C)c2cc(Br)cc(Cl)c12. The molecule has 1 aromatic carbocycles. The van der Waals surface area contributed by atoms with Gasteiger partial charge in [0, 0.05) is 16.9 Å². The fraction of sp³-hybridized carbons (Fsp3) is 0.364. The van der Waals surface area contributed by atoms with E-state index in [1.54, 1.807) is 0 Å². The van der Waals surface area contributed by atoms with E-state index < -0.39 is 0 Å². The normalized spacial score (nSPS) is 10.0. The van der Waals surface area contributed by atoms with Crippen molar-refractivity contribution in [2.75, 3.05) is 0 Å². The van der Waals surface area contributed by atoms with Gasteiger partial charge in [-0.15, -0.1) is 0 Å². The van der Waals surface area contributed by atoms with Crippen molar-refractivity contribution < 1.29 is 0 Å². The van der Waals surface area contributed by atoms with Crippen LogP contribution in [0.2, 0.25) is 5.02 Å². The maximum atomic E-state index is 6.10. The van der Waals surface area contributed by atoms with E-state index in [-0.39, 0.29) is 0 Å². The summed E-state index contributed by atoms with van der Waals surface area (Å²) in [6, 6.07) is 3.90. The maximum Gasteiger partial charge on any atom is 0.0708 e. The molecule has 2 rings (SSSR count). The lowest BCUT2D eigenvalue weighted by molar-refractivity contribution is 0.783. The maximum absolute atomic E-state index is 6.10. The monoisotopic (exact) mass is 288 g/mol. The molecule has 2 nitrogen and oxygen atoms in total. The van der Waals surface area contributed by atoms with Gasteiger partial charge >= 0.3 is 0 Å². The van der Waals surface area contributed by atoms with Gasteiger partial charge in [-0.25, -0.2) is 0 Å². The van der Waals surface area contributed by atoms with Crippen molar-refractivity contribution in [1.82, 2.24) is 9.78 Å². The van der Waals surface area contributed by atoms with Crippen molar-refractivity contribution in [1.29, 1.82) is 0 Å². The third-order valence-electron chi connectivity index (χ3n) is 2.04. The highest BCUT2D eigenvalue weighted by Gasteiger charge is 2.09. The lowest BCUT2D eigenvalue weighted by Crippen LogP contribution is -1.89. The van der Waals surface area contributed by atoms with Gasteiger partial charge in [0.2, 0.25) is 0 Å². The fourth-order valence-electron chi connectivity index (χ4n) is 1.50. The number of aromatic nitrogens is 2. The van der Waals surface area contributed by atoms with Crippen LogP contribution in [0.15, 0.2) is 16.6 Å². The van der Waals surface area contributed by atoms with Crippen molar-refractivity contribution in [2.24, 2.45) is 7.05 Å². The van der Waals surface area contributed by atoms with E-state index in [0.29, 0.717) is 0 Å². The van der Waals surface area contributed by atoms with Crippen LogP contribution in [0.25, 0.3) is 10.9 Å². The van der Waals surface area contributed by atoms with Crippen LogP contribution in [0, 0.1) is 6.92 Å². The standard InChI is InChI=1S/C9H8BrClN2.C2H6/c1-5-9-7(11)3-6(10)4-8(9)13(2)12-5;1-2/h3-4H,1-2H3;1-2H3. The molecule has 15 heavy (non-hydrogen) atoms. The Labute approximate surface area is 103 Å². The van der Waals surface area contributed by atoms with E-state index in [4.69, 9.17) is 11.6 Å². The number of halogens is 2. The molecule has 0 saturated carbocycles. The Morgan fingerprint density at radius 3 is 2.53 bits per heavy atom. The summed E-state index contributed by atoms with van der Waals surface area (Å²) in [5, 5.41) is 6.08. The number of fused-ring (bicyclic) bond motifs is 1. The van der Waals surface area contributed by atoms with Gasteiger partial charge < -0.3 is 0 Å². The summed E-state index contributed by atoms with van der Waals surface area (Å²) in [6.07, 6.45) is 0. The van der Waals surface area contributed by atoms with Gasteiger partial charge in [0.1, 0.15) is 0 Å². The second-order valence-corrected chi connectivity index (χ2v) is 4.31. The summed E-state index contributed by atoms with van der Waals surface area (Å²) in [5.41, 5.74) is 2.02. The number of hydrogen-bond donors (Lipinski definition) is 0. The largest absolute Gasteiger partial charge is 0.268 e.